The van der Waals surface area contributed by atoms with Crippen LogP contribution in [-0.2, 0) is 4.74 Å². The molecule has 4 atom stereocenters. The molecule has 0 unspecified atom stereocenters. The maximum Gasteiger partial charge on any atom is 0.187 e. The van der Waals surface area contributed by atoms with Crippen molar-refractivity contribution in [1.82, 2.24) is 29.9 Å². The first-order chi connectivity index (χ1) is 11.4. The van der Waals surface area contributed by atoms with Gasteiger partial charge in [-0.3, -0.25) is 0 Å². The van der Waals surface area contributed by atoms with Crippen molar-refractivity contribution in [2.24, 2.45) is 4.99 Å². The van der Waals surface area contributed by atoms with Crippen LogP contribution >= 0.6 is 0 Å². The molecule has 0 aliphatic carbocycles. The Labute approximate surface area is 137 Å². The number of nitrogens with zero attached hydrogens (tertiary/aromatic N) is 7. The number of hydrogen-bond acceptors (Lipinski definition) is 9. The molecule has 3 rings (SSSR count). The molecule has 0 radical (unpaired) electrons. The molecule has 1 aliphatic heterocycles. The Bertz CT molecular complexity index is 762. The van der Waals surface area contributed by atoms with Crippen LogP contribution in [-0.4, -0.2) is 90.0 Å². The predicted molar refractivity (Wildman–Crippen MR) is 82.6 cm³/mol. The molecule has 0 amide bonds. The zero-order valence-corrected chi connectivity index (χ0v) is 13.5. The number of aromatic nitrogens is 5. The minimum Gasteiger partial charge on any atom is -0.394 e. The van der Waals surface area contributed by atoms with Gasteiger partial charge in [0.05, 0.1) is 6.61 Å². The van der Waals surface area contributed by atoms with E-state index < -0.39 is 31.1 Å². The van der Waals surface area contributed by atoms with E-state index >= 15 is 0 Å². The number of fused-ring (bicyclic) bond motifs is 1. The summed E-state index contributed by atoms with van der Waals surface area (Å²) >= 11 is 0. The Morgan fingerprint density at radius 2 is 2.08 bits per heavy atom. The van der Waals surface area contributed by atoms with E-state index in [0.29, 0.717) is 17.0 Å². The molecule has 1 saturated heterocycles. The summed E-state index contributed by atoms with van der Waals surface area (Å²) in [5.41, 5.74) is 0.654. The quantitative estimate of drug-likeness (QED) is 0.448. The molecule has 130 valence electrons. The monoisotopic (exact) mass is 337 g/mol. The Morgan fingerprint density at radius 3 is 2.71 bits per heavy atom. The number of aliphatic imine (C=N–C) groups is 1. The lowest BCUT2D eigenvalue weighted by molar-refractivity contribution is -0.0574. The fourth-order valence-electron chi connectivity index (χ4n) is 2.34. The third-order valence-electron chi connectivity index (χ3n) is 3.91. The zero-order valence-electron chi connectivity index (χ0n) is 13.5. The van der Waals surface area contributed by atoms with E-state index in [0.717, 1.165) is 5.84 Å². The minimum atomic E-state index is -1.27. The van der Waals surface area contributed by atoms with E-state index in [2.05, 4.69) is 25.3 Å². The van der Waals surface area contributed by atoms with Crippen molar-refractivity contribution in [3.05, 3.63) is 6.33 Å². The topological polar surface area (TPSA) is 142 Å². The summed E-state index contributed by atoms with van der Waals surface area (Å²) < 4.78 is 6.71. The van der Waals surface area contributed by atoms with Crippen LogP contribution < -0.4 is 0 Å². The molecule has 0 aromatic carbocycles. The molecule has 1 aliphatic rings. The van der Waals surface area contributed by atoms with E-state index in [1.807, 2.05) is 25.9 Å². The highest BCUT2D eigenvalue weighted by Gasteiger charge is 2.44. The van der Waals surface area contributed by atoms with Crippen LogP contribution in [0.1, 0.15) is 13.2 Å². The molecule has 0 saturated carbocycles. The van der Waals surface area contributed by atoms with Crippen molar-refractivity contribution in [3.63, 3.8) is 0 Å². The molecule has 3 heterocycles. The van der Waals surface area contributed by atoms with E-state index in [4.69, 9.17) is 4.74 Å². The lowest BCUT2D eigenvalue weighted by Gasteiger charge is -2.14. The summed E-state index contributed by atoms with van der Waals surface area (Å²) in [5.74, 6) is 1.06. The van der Waals surface area contributed by atoms with E-state index in [-0.39, 0.29) is 0 Å². The minimum absolute atomic E-state index is 0.310. The summed E-state index contributed by atoms with van der Waals surface area (Å²) in [4.78, 5) is 14.4. The van der Waals surface area contributed by atoms with E-state index in [1.54, 1.807) is 0 Å². The third kappa shape index (κ3) is 2.71. The number of rotatable bonds is 3. The van der Waals surface area contributed by atoms with Gasteiger partial charge < -0.3 is 25.0 Å². The van der Waals surface area contributed by atoms with E-state index in [1.165, 1.54) is 11.0 Å². The molecule has 2 aromatic heterocycles. The summed E-state index contributed by atoms with van der Waals surface area (Å²) in [5, 5.41) is 37.2. The number of ether oxygens (including phenoxy) is 1. The lowest BCUT2D eigenvalue weighted by atomic mass is 10.1. The standard InChI is InChI=1S/C13H19N7O4/c1-6(19(2)3)16-11-8-12(15-5-14-11)20(18-17-8)13-10(23)9(22)7(4-21)24-13/h5,7,9-10,13,21-23H,4H2,1-3H3/t7-,9-,10-,13-/m1/s1. The van der Waals surface area contributed by atoms with Gasteiger partial charge in [-0.2, -0.15) is 4.68 Å². The largest absolute Gasteiger partial charge is 0.394 e. The van der Waals surface area contributed by atoms with Crippen LogP contribution in [0.25, 0.3) is 11.2 Å². The van der Waals surface area contributed by atoms with Crippen LogP contribution in [0.5, 0.6) is 0 Å². The highest BCUT2D eigenvalue weighted by Crippen LogP contribution is 2.31. The van der Waals surface area contributed by atoms with Gasteiger partial charge in [-0.15, -0.1) is 5.10 Å². The average Bonchev–Trinajstić information content (AvgIpc) is 3.10. The average molecular weight is 337 g/mol. The van der Waals surface area contributed by atoms with Crippen LogP contribution in [0, 0.1) is 0 Å². The SMILES string of the molecule is CC(=Nc1ncnc2c1nnn2[C@@H]1O[C@H](CO)[C@@H](O)[C@H]1O)N(C)C. The Hall–Kier alpha value is -2.21. The summed E-state index contributed by atoms with van der Waals surface area (Å²) in [6.45, 7) is 1.40. The van der Waals surface area contributed by atoms with Gasteiger partial charge in [-0.05, 0) is 6.92 Å². The molecule has 0 spiro atoms. The van der Waals surface area contributed by atoms with Crippen molar-refractivity contribution < 1.29 is 20.1 Å². The Balaban J connectivity index is 2.02. The van der Waals surface area contributed by atoms with Crippen molar-refractivity contribution in [1.29, 1.82) is 0 Å². The highest BCUT2D eigenvalue weighted by atomic mass is 16.6. The van der Waals surface area contributed by atoms with Crippen LogP contribution in [0.15, 0.2) is 11.3 Å². The second-order valence-electron chi connectivity index (χ2n) is 5.69. The normalized spacial score (nSPS) is 27.8. The molecule has 11 heteroatoms. The van der Waals surface area contributed by atoms with Gasteiger partial charge in [0.25, 0.3) is 0 Å². The van der Waals surface area contributed by atoms with Gasteiger partial charge in [0.1, 0.15) is 30.5 Å². The second-order valence-corrected chi connectivity index (χ2v) is 5.69. The fourth-order valence-corrected chi connectivity index (χ4v) is 2.34. The lowest BCUT2D eigenvalue weighted by Crippen LogP contribution is -2.33. The third-order valence-corrected chi connectivity index (χ3v) is 3.91. The number of aliphatic hydroxyl groups is 3. The van der Waals surface area contributed by atoms with Gasteiger partial charge in [-0.1, -0.05) is 5.21 Å². The van der Waals surface area contributed by atoms with Gasteiger partial charge in [-0.25, -0.2) is 15.0 Å². The predicted octanol–water partition coefficient (Wildman–Crippen LogP) is -1.56. The van der Waals surface area contributed by atoms with Gasteiger partial charge in [0, 0.05) is 14.1 Å². The van der Waals surface area contributed by atoms with Crippen LogP contribution in [0.3, 0.4) is 0 Å². The van der Waals surface area contributed by atoms with Crippen LogP contribution in [0.2, 0.25) is 0 Å². The maximum atomic E-state index is 10.1. The molecule has 1 fully saturated rings. The molecule has 11 nitrogen and oxygen atoms in total. The molecular formula is C13H19N7O4. The molecule has 0 bridgehead atoms. The zero-order chi connectivity index (χ0) is 17.4. The van der Waals surface area contributed by atoms with Crippen molar-refractivity contribution >= 4 is 22.8 Å². The summed E-state index contributed by atoms with van der Waals surface area (Å²) in [7, 11) is 3.71. The smallest absolute Gasteiger partial charge is 0.187 e. The number of amidine groups is 1. The van der Waals surface area contributed by atoms with Gasteiger partial charge >= 0.3 is 0 Å². The second kappa shape index (κ2) is 6.36. The molecule has 2 aromatic rings. The first-order valence-electron chi connectivity index (χ1n) is 7.35. The Morgan fingerprint density at radius 1 is 1.33 bits per heavy atom. The summed E-state index contributed by atoms with van der Waals surface area (Å²) in [6.07, 6.45) is -3.10. The molecule has 3 N–H and O–H groups in total. The summed E-state index contributed by atoms with van der Waals surface area (Å²) in [6, 6.07) is 0. The fraction of sp³-hybridized carbons (Fsp3) is 0.615. The maximum absolute atomic E-state index is 10.1. The van der Waals surface area contributed by atoms with Crippen molar-refractivity contribution in [2.75, 3.05) is 20.7 Å². The van der Waals surface area contributed by atoms with Gasteiger partial charge in [0.2, 0.25) is 0 Å². The number of hydrogen-bond donors (Lipinski definition) is 3. The molecule has 24 heavy (non-hydrogen) atoms. The number of aliphatic hydroxyl groups excluding tert-OH is 3. The molecular weight excluding hydrogens is 318 g/mol. The van der Waals surface area contributed by atoms with Gasteiger partial charge in [0.15, 0.2) is 23.2 Å². The van der Waals surface area contributed by atoms with Crippen molar-refractivity contribution in [3.8, 4) is 0 Å². The van der Waals surface area contributed by atoms with Crippen molar-refractivity contribution in [2.45, 2.75) is 31.5 Å². The first kappa shape index (κ1) is 16.6. The highest BCUT2D eigenvalue weighted by molar-refractivity contribution is 5.87. The first-order valence-corrected chi connectivity index (χ1v) is 7.35. The van der Waals surface area contributed by atoms with E-state index in [9.17, 15) is 15.3 Å². The van der Waals surface area contributed by atoms with Crippen LogP contribution in [0.4, 0.5) is 5.82 Å². The Kier molecular flexibility index (Phi) is 4.41.